The summed E-state index contributed by atoms with van der Waals surface area (Å²) in [5.74, 6) is -1.00. The number of rotatable bonds is 2. The van der Waals surface area contributed by atoms with Gasteiger partial charge < -0.3 is 10.8 Å². The third-order valence-corrected chi connectivity index (χ3v) is 0.809. The SMILES string of the molecule is CN(C)C(N)C(=O)O.Cl. The van der Waals surface area contributed by atoms with Crippen molar-refractivity contribution in [2.24, 2.45) is 5.73 Å². The molecule has 0 radical (unpaired) electrons. The predicted molar refractivity (Wildman–Crippen MR) is 36.5 cm³/mol. The van der Waals surface area contributed by atoms with E-state index in [9.17, 15) is 4.79 Å². The van der Waals surface area contributed by atoms with Crippen LogP contribution in [0, 0.1) is 0 Å². The van der Waals surface area contributed by atoms with Crippen molar-refractivity contribution in [1.82, 2.24) is 4.90 Å². The quantitative estimate of drug-likeness (QED) is 0.519. The Labute approximate surface area is 60.0 Å². The molecular weight excluding hydrogens is 144 g/mol. The Morgan fingerprint density at radius 3 is 2.00 bits per heavy atom. The second-order valence-electron chi connectivity index (χ2n) is 1.75. The lowest BCUT2D eigenvalue weighted by molar-refractivity contribution is -0.142. The third-order valence-electron chi connectivity index (χ3n) is 0.809. The molecule has 3 N–H and O–H groups in total. The van der Waals surface area contributed by atoms with Gasteiger partial charge in [-0.25, -0.2) is 4.79 Å². The summed E-state index contributed by atoms with van der Waals surface area (Å²) in [4.78, 5) is 11.4. The summed E-state index contributed by atoms with van der Waals surface area (Å²) in [7, 11) is 3.22. The van der Waals surface area contributed by atoms with Crippen LogP contribution in [0.5, 0.6) is 0 Å². The number of hydrogen-bond donors (Lipinski definition) is 2. The molecule has 0 aliphatic heterocycles. The van der Waals surface area contributed by atoms with Crippen molar-refractivity contribution in [3.8, 4) is 0 Å². The average Bonchev–Trinajstić information content (AvgIpc) is 1.64. The highest BCUT2D eigenvalue weighted by atomic mass is 35.5. The van der Waals surface area contributed by atoms with E-state index in [0.29, 0.717) is 0 Å². The van der Waals surface area contributed by atoms with E-state index in [1.165, 1.54) is 4.90 Å². The molecule has 0 aromatic rings. The number of nitrogens with two attached hydrogens (primary N) is 1. The highest BCUT2D eigenvalue weighted by molar-refractivity contribution is 5.85. The lowest BCUT2D eigenvalue weighted by Gasteiger charge is -2.13. The number of hydrogen-bond acceptors (Lipinski definition) is 3. The Balaban J connectivity index is 0. The average molecular weight is 155 g/mol. The van der Waals surface area contributed by atoms with Crippen LogP contribution in [-0.2, 0) is 4.79 Å². The van der Waals surface area contributed by atoms with Crippen LogP contribution in [0.4, 0.5) is 0 Å². The summed E-state index contributed by atoms with van der Waals surface area (Å²) in [6, 6.07) is 0. The van der Waals surface area contributed by atoms with E-state index >= 15 is 0 Å². The topological polar surface area (TPSA) is 66.6 Å². The normalized spacial score (nSPS) is 12.4. The summed E-state index contributed by atoms with van der Waals surface area (Å²) in [6.45, 7) is 0. The smallest absolute Gasteiger partial charge is 0.335 e. The standard InChI is InChI=1S/C4H10N2O2.ClH/c1-6(2)3(5)4(7)8;/h3H,5H2,1-2H3,(H,7,8);1H. The van der Waals surface area contributed by atoms with Gasteiger partial charge in [0, 0.05) is 0 Å². The molecule has 0 aliphatic rings. The lowest BCUT2D eigenvalue weighted by atomic mass is 10.5. The zero-order chi connectivity index (χ0) is 6.73. The molecule has 0 aromatic carbocycles. The first-order chi connectivity index (χ1) is 3.55. The molecule has 0 aliphatic carbocycles. The van der Waals surface area contributed by atoms with Crippen LogP contribution in [0.25, 0.3) is 0 Å². The highest BCUT2D eigenvalue weighted by Gasteiger charge is 2.11. The molecule has 0 bridgehead atoms. The van der Waals surface area contributed by atoms with Crippen molar-refractivity contribution in [1.29, 1.82) is 0 Å². The van der Waals surface area contributed by atoms with E-state index in [2.05, 4.69) is 0 Å². The molecule has 4 nitrogen and oxygen atoms in total. The fourth-order valence-corrected chi connectivity index (χ4v) is 0.221. The molecule has 56 valence electrons. The van der Waals surface area contributed by atoms with Gasteiger partial charge in [0.15, 0.2) is 6.17 Å². The number of carboxylic acid groups (broad SMARTS) is 1. The number of aliphatic carboxylic acids is 1. The van der Waals surface area contributed by atoms with Gasteiger partial charge in [-0.05, 0) is 14.1 Å². The number of halogens is 1. The van der Waals surface area contributed by atoms with E-state index in [-0.39, 0.29) is 12.4 Å². The largest absolute Gasteiger partial charge is 0.479 e. The van der Waals surface area contributed by atoms with E-state index in [4.69, 9.17) is 10.8 Å². The monoisotopic (exact) mass is 154 g/mol. The van der Waals surface area contributed by atoms with Gasteiger partial charge in [-0.15, -0.1) is 12.4 Å². The highest BCUT2D eigenvalue weighted by Crippen LogP contribution is 1.80. The minimum Gasteiger partial charge on any atom is -0.479 e. The van der Waals surface area contributed by atoms with Crippen molar-refractivity contribution in [2.75, 3.05) is 14.1 Å². The van der Waals surface area contributed by atoms with Crippen LogP contribution in [0.1, 0.15) is 0 Å². The van der Waals surface area contributed by atoms with E-state index in [1.54, 1.807) is 14.1 Å². The van der Waals surface area contributed by atoms with Gasteiger partial charge in [-0.3, -0.25) is 4.90 Å². The minimum absolute atomic E-state index is 0. The van der Waals surface area contributed by atoms with E-state index in [0.717, 1.165) is 0 Å². The van der Waals surface area contributed by atoms with Crippen molar-refractivity contribution in [2.45, 2.75) is 6.17 Å². The summed E-state index contributed by atoms with van der Waals surface area (Å²) in [5.41, 5.74) is 5.09. The first-order valence-electron chi connectivity index (χ1n) is 2.20. The fourth-order valence-electron chi connectivity index (χ4n) is 0.221. The summed E-state index contributed by atoms with van der Waals surface area (Å²) in [6.07, 6.45) is -0.880. The molecule has 0 rings (SSSR count). The van der Waals surface area contributed by atoms with E-state index in [1.807, 2.05) is 0 Å². The molecule has 1 unspecified atom stereocenters. The van der Waals surface area contributed by atoms with Crippen LogP contribution >= 0.6 is 12.4 Å². The molecule has 1 atom stereocenters. The van der Waals surface area contributed by atoms with Gasteiger partial charge in [-0.1, -0.05) is 0 Å². The lowest BCUT2D eigenvalue weighted by Crippen LogP contribution is -2.43. The molecule has 0 spiro atoms. The molecule has 0 heterocycles. The van der Waals surface area contributed by atoms with Gasteiger partial charge in [0.05, 0.1) is 0 Å². The number of likely N-dealkylation sites (N-methyl/N-ethyl adjacent to an activating group) is 1. The van der Waals surface area contributed by atoms with Crippen LogP contribution in [0.15, 0.2) is 0 Å². The zero-order valence-electron chi connectivity index (χ0n) is 5.37. The molecule has 5 heteroatoms. The van der Waals surface area contributed by atoms with Crippen molar-refractivity contribution < 1.29 is 9.90 Å². The number of carbonyl (C=O) groups is 1. The Morgan fingerprint density at radius 2 is 2.00 bits per heavy atom. The first-order valence-corrected chi connectivity index (χ1v) is 2.20. The maximum Gasteiger partial charge on any atom is 0.335 e. The Hall–Kier alpha value is -0.320. The Morgan fingerprint density at radius 1 is 1.67 bits per heavy atom. The number of carboxylic acids is 1. The van der Waals surface area contributed by atoms with Crippen LogP contribution in [-0.4, -0.2) is 36.2 Å². The predicted octanol–water partition coefficient (Wildman–Crippen LogP) is -0.661. The molecular formula is C4H11ClN2O2. The van der Waals surface area contributed by atoms with Gasteiger partial charge >= 0.3 is 5.97 Å². The van der Waals surface area contributed by atoms with Crippen LogP contribution < -0.4 is 5.73 Å². The van der Waals surface area contributed by atoms with Crippen LogP contribution in [0.3, 0.4) is 0 Å². The molecule has 0 saturated carbocycles. The van der Waals surface area contributed by atoms with Crippen molar-refractivity contribution in [3.63, 3.8) is 0 Å². The Bertz CT molecular complexity index is 96.6. The van der Waals surface area contributed by atoms with E-state index < -0.39 is 12.1 Å². The molecule has 9 heavy (non-hydrogen) atoms. The number of nitrogens with zero attached hydrogens (tertiary/aromatic N) is 1. The second-order valence-corrected chi connectivity index (χ2v) is 1.75. The van der Waals surface area contributed by atoms with Crippen molar-refractivity contribution in [3.05, 3.63) is 0 Å². The summed E-state index contributed by atoms with van der Waals surface area (Å²) < 4.78 is 0. The molecule has 0 fully saturated rings. The van der Waals surface area contributed by atoms with Crippen molar-refractivity contribution >= 4 is 18.4 Å². The van der Waals surface area contributed by atoms with Gasteiger partial charge in [-0.2, -0.15) is 0 Å². The minimum atomic E-state index is -1.00. The second kappa shape index (κ2) is 4.55. The maximum atomic E-state index is 9.97. The van der Waals surface area contributed by atoms with Gasteiger partial charge in [0.1, 0.15) is 0 Å². The van der Waals surface area contributed by atoms with Gasteiger partial charge in [0.25, 0.3) is 0 Å². The van der Waals surface area contributed by atoms with Gasteiger partial charge in [0.2, 0.25) is 0 Å². The first kappa shape index (κ1) is 11.5. The molecule has 0 amide bonds. The third kappa shape index (κ3) is 4.20. The van der Waals surface area contributed by atoms with Crippen LogP contribution in [0.2, 0.25) is 0 Å². The maximum absolute atomic E-state index is 9.97. The zero-order valence-corrected chi connectivity index (χ0v) is 6.18. The molecule has 0 saturated heterocycles. The summed E-state index contributed by atoms with van der Waals surface area (Å²) >= 11 is 0. The Kier molecular flexibility index (Phi) is 5.80. The summed E-state index contributed by atoms with van der Waals surface area (Å²) in [5, 5.41) is 8.19. The molecule has 0 aromatic heterocycles. The fraction of sp³-hybridized carbons (Fsp3) is 0.750.